The second kappa shape index (κ2) is 1.63. The van der Waals surface area contributed by atoms with Gasteiger partial charge in [0.2, 0.25) is 11.5 Å². The predicted molar refractivity (Wildman–Crippen MR) is 31.1 cm³/mol. The van der Waals surface area contributed by atoms with E-state index in [1.807, 2.05) is 0 Å². The van der Waals surface area contributed by atoms with Crippen molar-refractivity contribution in [1.29, 1.82) is 0 Å². The molecule has 10 heavy (non-hydrogen) atoms. The molecule has 2 aromatic rings. The van der Waals surface area contributed by atoms with Crippen LogP contribution in [0.1, 0.15) is 0 Å². The molecule has 0 spiro atoms. The fourth-order valence-electron chi connectivity index (χ4n) is 0.657. The maximum atomic E-state index is 8.80. The Balaban J connectivity index is 2.86. The van der Waals surface area contributed by atoms with E-state index in [9.17, 15) is 0 Å². The lowest BCUT2D eigenvalue weighted by molar-refractivity contribution is 0.447. The lowest BCUT2D eigenvalue weighted by Gasteiger charge is -1.84. The molecule has 0 saturated carbocycles. The molecule has 0 amide bonds. The Morgan fingerprint density at radius 1 is 1.30 bits per heavy atom. The van der Waals surface area contributed by atoms with Crippen LogP contribution in [-0.2, 0) is 0 Å². The highest BCUT2D eigenvalue weighted by Crippen LogP contribution is 2.07. The molecule has 0 fully saturated rings. The summed E-state index contributed by atoms with van der Waals surface area (Å²) in [5, 5.41) is 25.3. The number of aromatic nitrogens is 5. The summed E-state index contributed by atoms with van der Waals surface area (Å²) in [6.45, 7) is 0. The average molecular weight is 137 g/mol. The summed E-state index contributed by atoms with van der Waals surface area (Å²) in [6.07, 6.45) is 0. The fourth-order valence-corrected chi connectivity index (χ4v) is 0.657. The van der Waals surface area contributed by atoms with E-state index in [0.29, 0.717) is 11.2 Å². The fraction of sp³-hybridized carbons (Fsp3) is 0. The van der Waals surface area contributed by atoms with Crippen molar-refractivity contribution in [2.45, 2.75) is 0 Å². The largest absolute Gasteiger partial charge is 0.492 e. The molecule has 2 N–H and O–H groups in total. The van der Waals surface area contributed by atoms with Gasteiger partial charge in [0.15, 0.2) is 0 Å². The van der Waals surface area contributed by atoms with Crippen molar-refractivity contribution in [2.24, 2.45) is 0 Å². The Bertz CT molecular complexity index is 355. The molecule has 0 aliphatic rings. The molecule has 0 bridgehead atoms. The number of aromatic hydroxyl groups is 1. The minimum absolute atomic E-state index is 0.140. The van der Waals surface area contributed by atoms with Crippen molar-refractivity contribution < 1.29 is 5.11 Å². The molecular weight excluding hydrogens is 134 g/mol. The van der Waals surface area contributed by atoms with Crippen LogP contribution in [0.4, 0.5) is 0 Å². The molecule has 0 unspecified atom stereocenters. The van der Waals surface area contributed by atoms with Gasteiger partial charge < -0.3 is 5.11 Å². The normalized spacial score (nSPS) is 10.4. The number of rotatable bonds is 0. The van der Waals surface area contributed by atoms with E-state index in [1.54, 1.807) is 0 Å². The Labute approximate surface area is 54.9 Å². The molecule has 0 saturated heterocycles. The molecule has 0 aliphatic heterocycles. The molecular formula is C4H3N5O. The van der Waals surface area contributed by atoms with Crippen molar-refractivity contribution in [3.05, 3.63) is 6.07 Å². The Morgan fingerprint density at radius 2 is 2.20 bits per heavy atom. The van der Waals surface area contributed by atoms with Crippen LogP contribution in [0.15, 0.2) is 6.07 Å². The summed E-state index contributed by atoms with van der Waals surface area (Å²) in [5.41, 5.74) is 0.977. The van der Waals surface area contributed by atoms with Gasteiger partial charge in [-0.2, -0.15) is 0 Å². The van der Waals surface area contributed by atoms with Crippen molar-refractivity contribution in [1.82, 2.24) is 25.6 Å². The van der Waals surface area contributed by atoms with Crippen LogP contribution < -0.4 is 0 Å². The van der Waals surface area contributed by atoms with E-state index in [4.69, 9.17) is 5.11 Å². The Morgan fingerprint density at radius 3 is 3.10 bits per heavy atom. The quantitative estimate of drug-likeness (QED) is 0.508. The van der Waals surface area contributed by atoms with Gasteiger partial charge in [0.05, 0.1) is 0 Å². The van der Waals surface area contributed by atoms with Crippen LogP contribution in [0.3, 0.4) is 0 Å². The monoisotopic (exact) mass is 137 g/mol. The van der Waals surface area contributed by atoms with Crippen molar-refractivity contribution in [2.75, 3.05) is 0 Å². The zero-order valence-corrected chi connectivity index (χ0v) is 4.81. The third-order valence-corrected chi connectivity index (χ3v) is 1.08. The summed E-state index contributed by atoms with van der Waals surface area (Å²) in [6, 6.07) is 1.41. The molecule has 0 atom stereocenters. The maximum Gasteiger partial charge on any atom is 0.233 e. The van der Waals surface area contributed by atoms with E-state index in [0.717, 1.165) is 0 Å². The first-order valence-electron chi connectivity index (χ1n) is 2.60. The lowest BCUT2D eigenvalue weighted by atomic mass is 10.5. The molecule has 0 aliphatic carbocycles. The molecule has 2 heterocycles. The number of aromatic amines is 1. The summed E-state index contributed by atoms with van der Waals surface area (Å²) >= 11 is 0. The highest BCUT2D eigenvalue weighted by molar-refractivity contribution is 5.68. The highest BCUT2D eigenvalue weighted by atomic mass is 16.3. The van der Waals surface area contributed by atoms with E-state index in [-0.39, 0.29) is 5.88 Å². The number of H-pyrrole nitrogens is 1. The molecule has 2 rings (SSSR count). The van der Waals surface area contributed by atoms with Crippen LogP contribution in [0.25, 0.3) is 11.2 Å². The summed E-state index contributed by atoms with van der Waals surface area (Å²) in [5.74, 6) is -0.140. The molecule has 50 valence electrons. The molecule has 6 heteroatoms. The lowest BCUT2D eigenvalue weighted by Crippen LogP contribution is -1.81. The Hall–Kier alpha value is -1.72. The van der Waals surface area contributed by atoms with E-state index >= 15 is 0 Å². The molecule has 6 nitrogen and oxygen atoms in total. The van der Waals surface area contributed by atoms with Crippen LogP contribution >= 0.6 is 0 Å². The van der Waals surface area contributed by atoms with Crippen LogP contribution in [0.5, 0.6) is 5.88 Å². The second-order valence-corrected chi connectivity index (χ2v) is 1.75. The first-order chi connectivity index (χ1) is 4.86. The standard InChI is InChI=1S/C4H3N5O/c10-3-1-2-4(7-6-3)8-9-5-2/h1H,(H,6,10)(H,5,7,8,9). The highest BCUT2D eigenvalue weighted by Gasteiger charge is 1.98. The van der Waals surface area contributed by atoms with Crippen molar-refractivity contribution in [3.63, 3.8) is 0 Å². The van der Waals surface area contributed by atoms with Gasteiger partial charge in [-0.1, -0.05) is 5.21 Å². The van der Waals surface area contributed by atoms with Crippen LogP contribution in [-0.4, -0.2) is 30.7 Å². The van der Waals surface area contributed by atoms with Crippen LogP contribution in [0.2, 0.25) is 0 Å². The number of hydrogen-bond acceptors (Lipinski definition) is 5. The minimum atomic E-state index is -0.140. The summed E-state index contributed by atoms with van der Waals surface area (Å²) in [4.78, 5) is 0. The second-order valence-electron chi connectivity index (χ2n) is 1.75. The smallest absolute Gasteiger partial charge is 0.233 e. The zero-order chi connectivity index (χ0) is 6.97. The minimum Gasteiger partial charge on any atom is -0.492 e. The van der Waals surface area contributed by atoms with Gasteiger partial charge in [-0.15, -0.1) is 15.3 Å². The third-order valence-electron chi connectivity index (χ3n) is 1.08. The van der Waals surface area contributed by atoms with Gasteiger partial charge in [-0.25, -0.2) is 0 Å². The van der Waals surface area contributed by atoms with E-state index in [1.165, 1.54) is 6.07 Å². The van der Waals surface area contributed by atoms with Gasteiger partial charge in [0, 0.05) is 6.07 Å². The van der Waals surface area contributed by atoms with Gasteiger partial charge in [-0.05, 0) is 0 Å². The summed E-state index contributed by atoms with van der Waals surface area (Å²) in [7, 11) is 0. The number of nitrogens with one attached hydrogen (secondary N) is 1. The predicted octanol–water partition coefficient (Wildman–Crippen LogP) is -0.547. The topological polar surface area (TPSA) is 87.6 Å². The van der Waals surface area contributed by atoms with Gasteiger partial charge in [0.1, 0.15) is 5.52 Å². The van der Waals surface area contributed by atoms with Gasteiger partial charge in [0.25, 0.3) is 0 Å². The average Bonchev–Trinajstić information content (AvgIpc) is 2.33. The van der Waals surface area contributed by atoms with Crippen molar-refractivity contribution >= 4 is 11.2 Å². The summed E-state index contributed by atoms with van der Waals surface area (Å²) < 4.78 is 0. The number of hydrogen-bond donors (Lipinski definition) is 2. The van der Waals surface area contributed by atoms with Crippen LogP contribution in [0, 0.1) is 0 Å². The first-order valence-corrected chi connectivity index (χ1v) is 2.60. The molecule has 0 radical (unpaired) electrons. The van der Waals surface area contributed by atoms with Gasteiger partial charge in [-0.3, -0.25) is 5.10 Å². The third kappa shape index (κ3) is 0.586. The number of fused-ring (bicyclic) bond motifs is 1. The SMILES string of the molecule is Oc1cc2[nH]nnc2nn1. The first kappa shape index (κ1) is 5.10. The van der Waals surface area contributed by atoms with Crippen molar-refractivity contribution in [3.8, 4) is 5.88 Å². The van der Waals surface area contributed by atoms with Gasteiger partial charge >= 0.3 is 0 Å². The Kier molecular flexibility index (Phi) is 0.830. The van der Waals surface area contributed by atoms with E-state index in [2.05, 4.69) is 25.6 Å². The number of nitrogens with zero attached hydrogens (tertiary/aromatic N) is 4. The molecule has 0 aromatic carbocycles. The zero-order valence-electron chi connectivity index (χ0n) is 4.81. The van der Waals surface area contributed by atoms with E-state index < -0.39 is 0 Å². The maximum absolute atomic E-state index is 8.80. The molecule has 2 aromatic heterocycles.